The van der Waals surface area contributed by atoms with Gasteiger partial charge in [-0.05, 0) is 36.2 Å². The lowest BCUT2D eigenvalue weighted by Crippen LogP contribution is -2.25. The van der Waals surface area contributed by atoms with Crippen LogP contribution in [0.3, 0.4) is 0 Å². The van der Waals surface area contributed by atoms with Gasteiger partial charge in [0.2, 0.25) is 5.91 Å². The standard InChI is InChI=1S/C20H18ClFN2O2/c21-15-5-3-4-14(12-15)10-11-23-19(25)8-9-20-24-13-18(26-20)16-6-1-2-7-17(16)22/h1-7,12-13H,8-11H2,(H,23,25). The van der Waals surface area contributed by atoms with Crippen LogP contribution in [0.15, 0.2) is 59.1 Å². The third kappa shape index (κ3) is 4.92. The van der Waals surface area contributed by atoms with E-state index in [1.807, 2.05) is 24.3 Å². The number of aromatic nitrogens is 1. The molecule has 4 nitrogen and oxygen atoms in total. The zero-order chi connectivity index (χ0) is 18.4. The predicted octanol–water partition coefficient (Wildman–Crippen LogP) is 4.43. The summed E-state index contributed by atoms with van der Waals surface area (Å²) in [7, 11) is 0. The Hall–Kier alpha value is -2.66. The molecule has 0 bridgehead atoms. The topological polar surface area (TPSA) is 55.1 Å². The quantitative estimate of drug-likeness (QED) is 0.667. The third-order valence-corrected chi connectivity index (χ3v) is 4.12. The molecule has 0 unspecified atom stereocenters. The van der Waals surface area contributed by atoms with E-state index < -0.39 is 0 Å². The Bertz CT molecular complexity index is 895. The van der Waals surface area contributed by atoms with Gasteiger partial charge in [-0.2, -0.15) is 0 Å². The lowest BCUT2D eigenvalue weighted by Gasteiger charge is -2.05. The molecule has 0 aliphatic rings. The maximum Gasteiger partial charge on any atom is 0.220 e. The van der Waals surface area contributed by atoms with E-state index in [1.165, 1.54) is 12.3 Å². The molecule has 1 N–H and O–H groups in total. The second-order valence-corrected chi connectivity index (χ2v) is 6.26. The molecule has 0 aliphatic carbocycles. The van der Waals surface area contributed by atoms with Crippen molar-refractivity contribution in [2.75, 3.05) is 6.54 Å². The van der Waals surface area contributed by atoms with Crippen molar-refractivity contribution in [1.29, 1.82) is 0 Å². The lowest BCUT2D eigenvalue weighted by atomic mass is 10.1. The molecule has 0 atom stereocenters. The molecule has 1 amide bonds. The SMILES string of the molecule is O=C(CCc1ncc(-c2ccccc2F)o1)NCCc1cccc(Cl)c1. The van der Waals surface area contributed by atoms with Gasteiger partial charge in [0, 0.05) is 24.4 Å². The summed E-state index contributed by atoms with van der Waals surface area (Å²) in [6, 6.07) is 13.9. The van der Waals surface area contributed by atoms with Gasteiger partial charge in [0.1, 0.15) is 5.82 Å². The summed E-state index contributed by atoms with van der Waals surface area (Å²) in [4.78, 5) is 16.1. The maximum absolute atomic E-state index is 13.7. The van der Waals surface area contributed by atoms with Crippen LogP contribution in [0.2, 0.25) is 5.02 Å². The molecule has 1 aromatic heterocycles. The lowest BCUT2D eigenvalue weighted by molar-refractivity contribution is -0.121. The number of halogens is 2. The first-order valence-electron chi connectivity index (χ1n) is 8.32. The van der Waals surface area contributed by atoms with Crippen molar-refractivity contribution < 1.29 is 13.6 Å². The Balaban J connectivity index is 1.45. The van der Waals surface area contributed by atoms with Crippen LogP contribution in [0.25, 0.3) is 11.3 Å². The van der Waals surface area contributed by atoms with E-state index >= 15 is 0 Å². The number of benzene rings is 2. The largest absolute Gasteiger partial charge is 0.441 e. The van der Waals surface area contributed by atoms with Crippen molar-refractivity contribution in [2.45, 2.75) is 19.3 Å². The molecule has 0 saturated carbocycles. The highest BCUT2D eigenvalue weighted by Gasteiger charge is 2.11. The van der Waals surface area contributed by atoms with Crippen LogP contribution in [-0.2, 0) is 17.6 Å². The monoisotopic (exact) mass is 372 g/mol. The van der Waals surface area contributed by atoms with Crippen molar-refractivity contribution in [1.82, 2.24) is 10.3 Å². The fourth-order valence-corrected chi connectivity index (χ4v) is 2.77. The van der Waals surface area contributed by atoms with E-state index in [2.05, 4.69) is 10.3 Å². The van der Waals surface area contributed by atoms with Gasteiger partial charge in [-0.15, -0.1) is 0 Å². The number of nitrogens with zero attached hydrogens (tertiary/aromatic N) is 1. The van der Waals surface area contributed by atoms with Crippen LogP contribution in [0, 0.1) is 5.82 Å². The van der Waals surface area contributed by atoms with Gasteiger partial charge < -0.3 is 9.73 Å². The van der Waals surface area contributed by atoms with Crippen LogP contribution < -0.4 is 5.32 Å². The van der Waals surface area contributed by atoms with Gasteiger partial charge >= 0.3 is 0 Å². The Labute approximate surface area is 156 Å². The molecular weight excluding hydrogens is 355 g/mol. The normalized spacial score (nSPS) is 10.7. The van der Waals surface area contributed by atoms with Crippen LogP contribution in [-0.4, -0.2) is 17.4 Å². The number of hydrogen-bond acceptors (Lipinski definition) is 3. The van der Waals surface area contributed by atoms with Gasteiger partial charge in [-0.25, -0.2) is 9.37 Å². The Morgan fingerprint density at radius 3 is 2.81 bits per heavy atom. The van der Waals surface area contributed by atoms with Gasteiger partial charge in [0.05, 0.1) is 11.8 Å². The molecule has 0 spiro atoms. The number of carbonyl (C=O) groups is 1. The zero-order valence-electron chi connectivity index (χ0n) is 14.0. The van der Waals surface area contributed by atoms with Crippen molar-refractivity contribution >= 4 is 17.5 Å². The molecule has 26 heavy (non-hydrogen) atoms. The molecule has 3 aromatic rings. The number of amides is 1. The summed E-state index contributed by atoms with van der Waals surface area (Å²) in [6.45, 7) is 0.533. The second kappa shape index (κ2) is 8.63. The average molecular weight is 373 g/mol. The molecule has 2 aromatic carbocycles. The minimum Gasteiger partial charge on any atom is -0.441 e. The molecule has 0 aliphatic heterocycles. The smallest absolute Gasteiger partial charge is 0.220 e. The summed E-state index contributed by atoms with van der Waals surface area (Å²) in [5.41, 5.74) is 1.43. The third-order valence-electron chi connectivity index (χ3n) is 3.88. The number of carbonyl (C=O) groups excluding carboxylic acids is 1. The Kier molecular flexibility index (Phi) is 6.02. The van der Waals surface area contributed by atoms with Crippen molar-refractivity contribution in [3.63, 3.8) is 0 Å². The fraction of sp³-hybridized carbons (Fsp3) is 0.200. The highest BCUT2D eigenvalue weighted by Crippen LogP contribution is 2.23. The van der Waals surface area contributed by atoms with Crippen LogP contribution in [0.5, 0.6) is 0 Å². The minimum atomic E-state index is -0.367. The van der Waals surface area contributed by atoms with Crippen LogP contribution in [0.4, 0.5) is 4.39 Å². The summed E-state index contributed by atoms with van der Waals surface area (Å²) in [5.74, 6) is 0.319. The summed E-state index contributed by atoms with van der Waals surface area (Å²) >= 11 is 5.93. The second-order valence-electron chi connectivity index (χ2n) is 5.83. The van der Waals surface area contributed by atoms with E-state index in [9.17, 15) is 9.18 Å². The van der Waals surface area contributed by atoms with E-state index in [0.29, 0.717) is 41.6 Å². The van der Waals surface area contributed by atoms with E-state index in [4.69, 9.17) is 16.0 Å². The number of rotatable bonds is 7. The van der Waals surface area contributed by atoms with Gasteiger partial charge in [0.25, 0.3) is 0 Å². The number of nitrogens with one attached hydrogen (secondary N) is 1. The average Bonchev–Trinajstić information content (AvgIpc) is 3.09. The van der Waals surface area contributed by atoms with Crippen molar-refractivity contribution in [3.05, 3.63) is 77.0 Å². The molecule has 3 rings (SSSR count). The Morgan fingerprint density at radius 1 is 1.15 bits per heavy atom. The zero-order valence-corrected chi connectivity index (χ0v) is 14.8. The molecule has 1 heterocycles. The van der Waals surface area contributed by atoms with Gasteiger partial charge in [-0.3, -0.25) is 4.79 Å². The number of oxazole rings is 1. The van der Waals surface area contributed by atoms with Crippen molar-refractivity contribution in [2.24, 2.45) is 0 Å². The van der Waals surface area contributed by atoms with Crippen LogP contribution >= 0.6 is 11.6 Å². The summed E-state index contributed by atoms with van der Waals surface area (Å²) in [5, 5.41) is 3.54. The van der Waals surface area contributed by atoms with Crippen LogP contribution in [0.1, 0.15) is 17.9 Å². The molecular formula is C20H18ClFN2O2. The number of aryl methyl sites for hydroxylation is 1. The molecule has 6 heteroatoms. The predicted molar refractivity (Wildman–Crippen MR) is 98.4 cm³/mol. The molecule has 0 saturated heterocycles. The molecule has 0 fully saturated rings. The first-order valence-corrected chi connectivity index (χ1v) is 8.70. The minimum absolute atomic E-state index is 0.0855. The van der Waals surface area contributed by atoms with E-state index in [1.54, 1.807) is 18.2 Å². The first kappa shape index (κ1) is 18.1. The van der Waals surface area contributed by atoms with E-state index in [0.717, 1.165) is 5.56 Å². The maximum atomic E-state index is 13.7. The highest BCUT2D eigenvalue weighted by molar-refractivity contribution is 6.30. The number of hydrogen-bond donors (Lipinski definition) is 1. The fourth-order valence-electron chi connectivity index (χ4n) is 2.56. The molecule has 0 radical (unpaired) electrons. The van der Waals surface area contributed by atoms with Gasteiger partial charge in [-0.1, -0.05) is 35.9 Å². The molecule has 134 valence electrons. The van der Waals surface area contributed by atoms with Crippen molar-refractivity contribution in [3.8, 4) is 11.3 Å². The highest BCUT2D eigenvalue weighted by atomic mass is 35.5. The van der Waals surface area contributed by atoms with Gasteiger partial charge in [0.15, 0.2) is 11.7 Å². The first-order chi connectivity index (χ1) is 12.6. The Morgan fingerprint density at radius 2 is 2.00 bits per heavy atom. The summed E-state index contributed by atoms with van der Waals surface area (Å²) < 4.78 is 19.3. The van der Waals surface area contributed by atoms with E-state index in [-0.39, 0.29) is 18.1 Å². The summed E-state index contributed by atoms with van der Waals surface area (Å²) in [6.07, 6.45) is 2.80.